The van der Waals surface area contributed by atoms with Crippen LogP contribution in [0.3, 0.4) is 0 Å². The standard InChI is InChI=1S/C19H22O4/c1-12(2)14-10-9-13(3)11-17(14)23-19(20)18-15(21-4)7-6-8-16(18)22-5/h6-12H,1-5H3. The van der Waals surface area contributed by atoms with E-state index in [1.807, 2.05) is 25.1 Å². The van der Waals surface area contributed by atoms with E-state index >= 15 is 0 Å². The zero-order valence-corrected chi connectivity index (χ0v) is 14.2. The van der Waals surface area contributed by atoms with Gasteiger partial charge in [0.1, 0.15) is 22.8 Å². The smallest absolute Gasteiger partial charge is 0.351 e. The molecule has 0 amide bonds. The fourth-order valence-electron chi connectivity index (χ4n) is 2.41. The minimum Gasteiger partial charge on any atom is -0.496 e. The van der Waals surface area contributed by atoms with Crippen molar-refractivity contribution in [3.05, 3.63) is 53.1 Å². The van der Waals surface area contributed by atoms with Gasteiger partial charge in [0.25, 0.3) is 0 Å². The van der Waals surface area contributed by atoms with Gasteiger partial charge in [-0.15, -0.1) is 0 Å². The van der Waals surface area contributed by atoms with Crippen molar-refractivity contribution in [1.82, 2.24) is 0 Å². The Morgan fingerprint density at radius 3 is 2.09 bits per heavy atom. The van der Waals surface area contributed by atoms with Crippen molar-refractivity contribution in [3.8, 4) is 17.2 Å². The summed E-state index contributed by atoms with van der Waals surface area (Å²) in [5.74, 6) is 1.17. The summed E-state index contributed by atoms with van der Waals surface area (Å²) in [6, 6.07) is 11.0. The first kappa shape index (κ1) is 16.9. The fourth-order valence-corrected chi connectivity index (χ4v) is 2.41. The highest BCUT2D eigenvalue weighted by atomic mass is 16.5. The van der Waals surface area contributed by atoms with Crippen LogP contribution in [-0.4, -0.2) is 20.2 Å². The predicted molar refractivity (Wildman–Crippen MR) is 89.8 cm³/mol. The molecule has 0 aliphatic carbocycles. The van der Waals surface area contributed by atoms with Crippen LogP contribution in [0.1, 0.15) is 41.3 Å². The molecule has 0 spiro atoms. The average Bonchev–Trinajstić information content (AvgIpc) is 2.53. The molecule has 0 radical (unpaired) electrons. The number of benzene rings is 2. The van der Waals surface area contributed by atoms with Crippen LogP contribution in [0.25, 0.3) is 0 Å². The van der Waals surface area contributed by atoms with Crippen molar-refractivity contribution in [3.63, 3.8) is 0 Å². The lowest BCUT2D eigenvalue weighted by Gasteiger charge is -2.16. The Balaban J connectivity index is 2.43. The molecule has 0 atom stereocenters. The first-order chi connectivity index (χ1) is 11.0. The molecule has 0 bridgehead atoms. The Morgan fingerprint density at radius 1 is 0.957 bits per heavy atom. The van der Waals surface area contributed by atoms with Crippen LogP contribution >= 0.6 is 0 Å². The minimum absolute atomic E-state index is 0.248. The normalized spacial score (nSPS) is 10.5. The van der Waals surface area contributed by atoms with Gasteiger partial charge in [-0.3, -0.25) is 0 Å². The van der Waals surface area contributed by atoms with Crippen molar-refractivity contribution in [2.24, 2.45) is 0 Å². The maximum atomic E-state index is 12.7. The Kier molecular flexibility index (Phi) is 5.27. The topological polar surface area (TPSA) is 44.8 Å². The summed E-state index contributed by atoms with van der Waals surface area (Å²) in [5, 5.41) is 0. The van der Waals surface area contributed by atoms with Crippen molar-refractivity contribution < 1.29 is 19.0 Å². The molecule has 0 aromatic heterocycles. The largest absolute Gasteiger partial charge is 0.496 e. The van der Waals surface area contributed by atoms with Gasteiger partial charge in [0.05, 0.1) is 14.2 Å². The van der Waals surface area contributed by atoms with Crippen LogP contribution in [0.2, 0.25) is 0 Å². The maximum Gasteiger partial charge on any atom is 0.351 e. The van der Waals surface area contributed by atoms with Crippen LogP contribution in [0.5, 0.6) is 17.2 Å². The highest BCUT2D eigenvalue weighted by molar-refractivity contribution is 5.97. The third kappa shape index (κ3) is 3.65. The molecule has 0 fully saturated rings. The van der Waals surface area contributed by atoms with Gasteiger partial charge in [-0.05, 0) is 42.2 Å². The van der Waals surface area contributed by atoms with Gasteiger partial charge >= 0.3 is 5.97 Å². The van der Waals surface area contributed by atoms with E-state index in [1.54, 1.807) is 18.2 Å². The highest BCUT2D eigenvalue weighted by Gasteiger charge is 2.22. The van der Waals surface area contributed by atoms with Gasteiger partial charge in [-0.25, -0.2) is 4.79 Å². The molecule has 0 heterocycles. The second-order valence-corrected chi connectivity index (χ2v) is 5.62. The van der Waals surface area contributed by atoms with Crippen molar-refractivity contribution in [1.29, 1.82) is 0 Å². The van der Waals surface area contributed by atoms with Crippen molar-refractivity contribution >= 4 is 5.97 Å². The number of carbonyl (C=O) groups is 1. The summed E-state index contributed by atoms with van der Waals surface area (Å²) in [7, 11) is 3.02. The minimum atomic E-state index is -0.494. The van der Waals surface area contributed by atoms with E-state index in [2.05, 4.69) is 13.8 Å². The summed E-state index contributed by atoms with van der Waals surface area (Å²) >= 11 is 0. The molecule has 0 unspecified atom stereocenters. The summed E-state index contributed by atoms with van der Waals surface area (Å²) in [4.78, 5) is 12.7. The number of ether oxygens (including phenoxy) is 3. The molecule has 2 aromatic rings. The Morgan fingerprint density at radius 2 is 1.57 bits per heavy atom. The van der Waals surface area contributed by atoms with E-state index in [0.717, 1.165) is 11.1 Å². The zero-order valence-electron chi connectivity index (χ0n) is 14.2. The van der Waals surface area contributed by atoms with E-state index in [-0.39, 0.29) is 11.5 Å². The van der Waals surface area contributed by atoms with Gasteiger partial charge < -0.3 is 14.2 Å². The Labute approximate surface area is 137 Å². The maximum absolute atomic E-state index is 12.7. The second kappa shape index (κ2) is 7.18. The quantitative estimate of drug-likeness (QED) is 0.608. The molecule has 0 aliphatic heterocycles. The molecule has 122 valence electrons. The van der Waals surface area contributed by atoms with Crippen LogP contribution in [0.4, 0.5) is 0 Å². The molecule has 0 N–H and O–H groups in total. The molecule has 0 saturated heterocycles. The van der Waals surface area contributed by atoms with Gasteiger partial charge in [0, 0.05) is 0 Å². The summed E-state index contributed by atoms with van der Waals surface area (Å²) < 4.78 is 16.2. The third-order valence-corrected chi connectivity index (χ3v) is 3.63. The van der Waals surface area contributed by atoms with Crippen molar-refractivity contribution in [2.45, 2.75) is 26.7 Å². The van der Waals surface area contributed by atoms with E-state index in [9.17, 15) is 4.79 Å². The van der Waals surface area contributed by atoms with Gasteiger partial charge in [0.15, 0.2) is 0 Å². The van der Waals surface area contributed by atoms with E-state index in [1.165, 1.54) is 14.2 Å². The third-order valence-electron chi connectivity index (χ3n) is 3.63. The van der Waals surface area contributed by atoms with Crippen LogP contribution in [0, 0.1) is 6.92 Å². The fraction of sp³-hybridized carbons (Fsp3) is 0.316. The first-order valence-corrected chi connectivity index (χ1v) is 7.51. The van der Waals surface area contributed by atoms with Gasteiger partial charge in [0.2, 0.25) is 0 Å². The SMILES string of the molecule is COc1cccc(OC)c1C(=O)Oc1cc(C)ccc1C(C)C. The number of esters is 1. The zero-order chi connectivity index (χ0) is 17.0. The van der Waals surface area contributed by atoms with Crippen LogP contribution in [0.15, 0.2) is 36.4 Å². The molecule has 0 aliphatic rings. The molecule has 4 heteroatoms. The predicted octanol–water partition coefficient (Wildman–Crippen LogP) is 4.35. The van der Waals surface area contributed by atoms with Crippen LogP contribution < -0.4 is 14.2 Å². The van der Waals surface area contributed by atoms with Crippen LogP contribution in [-0.2, 0) is 0 Å². The molecular formula is C19H22O4. The number of rotatable bonds is 5. The molecule has 4 nitrogen and oxygen atoms in total. The van der Waals surface area contributed by atoms with E-state index in [0.29, 0.717) is 17.2 Å². The van der Waals surface area contributed by atoms with Gasteiger partial charge in [-0.1, -0.05) is 32.0 Å². The summed E-state index contributed by atoms with van der Waals surface area (Å²) in [6.07, 6.45) is 0. The number of carbonyl (C=O) groups excluding carboxylic acids is 1. The Bertz CT molecular complexity index is 682. The number of aryl methyl sites for hydroxylation is 1. The number of hydrogen-bond acceptors (Lipinski definition) is 4. The lowest BCUT2D eigenvalue weighted by atomic mass is 10.0. The number of methoxy groups -OCH3 is 2. The average molecular weight is 314 g/mol. The Hall–Kier alpha value is -2.49. The first-order valence-electron chi connectivity index (χ1n) is 7.51. The number of hydrogen-bond donors (Lipinski definition) is 0. The van der Waals surface area contributed by atoms with E-state index in [4.69, 9.17) is 14.2 Å². The lowest BCUT2D eigenvalue weighted by molar-refractivity contribution is 0.0725. The molecule has 2 aromatic carbocycles. The lowest BCUT2D eigenvalue weighted by Crippen LogP contribution is -2.13. The van der Waals surface area contributed by atoms with Crippen molar-refractivity contribution in [2.75, 3.05) is 14.2 Å². The van der Waals surface area contributed by atoms with E-state index < -0.39 is 5.97 Å². The molecule has 23 heavy (non-hydrogen) atoms. The summed E-state index contributed by atoms with van der Waals surface area (Å²) in [6.45, 7) is 6.09. The molecule has 2 rings (SSSR count). The molecular weight excluding hydrogens is 292 g/mol. The highest BCUT2D eigenvalue weighted by Crippen LogP contribution is 2.32. The molecule has 0 saturated carbocycles. The monoisotopic (exact) mass is 314 g/mol. The van der Waals surface area contributed by atoms with Gasteiger partial charge in [-0.2, -0.15) is 0 Å². The summed E-state index contributed by atoms with van der Waals surface area (Å²) in [5.41, 5.74) is 2.30. The second-order valence-electron chi connectivity index (χ2n) is 5.62.